The molecule has 0 saturated heterocycles. The van der Waals surface area contributed by atoms with Gasteiger partial charge in [0.25, 0.3) is 5.91 Å². The van der Waals surface area contributed by atoms with Crippen LogP contribution in [0.4, 0.5) is 0 Å². The first-order chi connectivity index (χ1) is 13.7. The highest BCUT2D eigenvalue weighted by Crippen LogP contribution is 2.48. The minimum atomic E-state index is -0.0585. The summed E-state index contributed by atoms with van der Waals surface area (Å²) in [6.45, 7) is 4.68. The highest BCUT2D eigenvalue weighted by molar-refractivity contribution is 5.87. The lowest BCUT2D eigenvalue weighted by Crippen LogP contribution is -2.17. The van der Waals surface area contributed by atoms with Gasteiger partial charge in [0.15, 0.2) is 5.82 Å². The van der Waals surface area contributed by atoms with Crippen molar-refractivity contribution in [2.24, 2.45) is 5.92 Å². The van der Waals surface area contributed by atoms with Gasteiger partial charge in [-0.1, -0.05) is 68.4 Å². The molecular weight excluding hydrogens is 350 g/mol. The van der Waals surface area contributed by atoms with Crippen molar-refractivity contribution < 1.29 is 9.53 Å². The molecule has 1 saturated carbocycles. The Balaban J connectivity index is 1.63. The van der Waals surface area contributed by atoms with Crippen LogP contribution >= 0.6 is 0 Å². The maximum absolute atomic E-state index is 13.2. The topological polar surface area (TPSA) is 57.0 Å². The Morgan fingerprint density at radius 3 is 2.54 bits per heavy atom. The molecule has 0 spiro atoms. The zero-order valence-electron chi connectivity index (χ0n) is 16.3. The van der Waals surface area contributed by atoms with Crippen molar-refractivity contribution in [3.8, 4) is 17.4 Å². The van der Waals surface area contributed by atoms with Gasteiger partial charge in [-0.05, 0) is 36.3 Å². The lowest BCUT2D eigenvalue weighted by atomic mass is 10.1. The molecule has 0 amide bonds. The normalized spacial score (nSPS) is 18.1. The minimum Gasteiger partial charge on any atom is -0.462 e. The fourth-order valence-electron chi connectivity index (χ4n) is 3.47. The molecule has 144 valence electrons. The average molecular weight is 375 g/mol. The van der Waals surface area contributed by atoms with Crippen LogP contribution in [0, 0.1) is 5.92 Å². The van der Waals surface area contributed by atoms with E-state index in [0.717, 1.165) is 24.8 Å². The molecule has 1 aliphatic rings. The standard InChI is InChI=1S/C23H25N3O2/c1-3-14-28-23-24-21(18-12-10-16(4-2)11-13-18)26(25-23)22(27)20-15-19(20)17-8-6-5-7-9-17/h5-13,19-20H,3-4,14-15H2,1-2H3. The Labute approximate surface area is 165 Å². The molecule has 0 aliphatic heterocycles. The van der Waals surface area contributed by atoms with Crippen LogP contribution in [0.2, 0.25) is 0 Å². The van der Waals surface area contributed by atoms with Crippen molar-refractivity contribution in [1.82, 2.24) is 14.8 Å². The van der Waals surface area contributed by atoms with Crippen LogP contribution in [0.3, 0.4) is 0 Å². The second-order valence-electron chi connectivity index (χ2n) is 7.23. The van der Waals surface area contributed by atoms with Crippen molar-refractivity contribution in [2.45, 2.75) is 39.0 Å². The first-order valence-corrected chi connectivity index (χ1v) is 9.99. The van der Waals surface area contributed by atoms with Crippen LogP contribution in [0.15, 0.2) is 54.6 Å². The third kappa shape index (κ3) is 3.70. The van der Waals surface area contributed by atoms with E-state index in [0.29, 0.717) is 12.4 Å². The largest absolute Gasteiger partial charge is 0.462 e. The Morgan fingerprint density at radius 1 is 1.11 bits per heavy atom. The lowest BCUT2D eigenvalue weighted by Gasteiger charge is -2.05. The molecule has 0 bridgehead atoms. The van der Waals surface area contributed by atoms with E-state index in [1.165, 1.54) is 15.8 Å². The Morgan fingerprint density at radius 2 is 1.86 bits per heavy atom. The maximum atomic E-state index is 13.2. The van der Waals surface area contributed by atoms with Crippen molar-refractivity contribution in [3.63, 3.8) is 0 Å². The number of nitrogens with zero attached hydrogens (tertiary/aromatic N) is 3. The van der Waals surface area contributed by atoms with Gasteiger partial charge in [-0.2, -0.15) is 9.67 Å². The number of ether oxygens (including phenoxy) is 1. The molecule has 2 unspecified atom stereocenters. The molecule has 0 N–H and O–H groups in total. The molecule has 28 heavy (non-hydrogen) atoms. The Kier molecular flexibility index (Phi) is 5.24. The van der Waals surface area contributed by atoms with E-state index >= 15 is 0 Å². The summed E-state index contributed by atoms with van der Waals surface area (Å²) in [7, 11) is 0. The Bertz CT molecular complexity index is 948. The molecule has 1 aromatic heterocycles. The van der Waals surface area contributed by atoms with Crippen molar-refractivity contribution >= 4 is 5.91 Å². The first kappa shape index (κ1) is 18.4. The molecule has 0 radical (unpaired) electrons. The average Bonchev–Trinajstić information content (AvgIpc) is 3.44. The maximum Gasteiger partial charge on any atom is 0.336 e. The van der Waals surface area contributed by atoms with E-state index in [1.807, 2.05) is 37.3 Å². The third-order valence-corrected chi connectivity index (χ3v) is 5.19. The van der Waals surface area contributed by atoms with Crippen molar-refractivity contribution in [1.29, 1.82) is 0 Å². The Hall–Kier alpha value is -2.95. The van der Waals surface area contributed by atoms with Gasteiger partial charge in [0.2, 0.25) is 0 Å². The number of aromatic nitrogens is 3. The summed E-state index contributed by atoms with van der Waals surface area (Å²) in [6, 6.07) is 18.6. The summed E-state index contributed by atoms with van der Waals surface area (Å²) in [5.74, 6) is 0.741. The number of hydrogen-bond donors (Lipinski definition) is 0. The van der Waals surface area contributed by atoms with Crippen molar-refractivity contribution in [3.05, 3.63) is 65.7 Å². The van der Waals surface area contributed by atoms with Crippen LogP contribution in [-0.2, 0) is 6.42 Å². The molecule has 1 fully saturated rings. The van der Waals surface area contributed by atoms with E-state index in [-0.39, 0.29) is 23.8 Å². The van der Waals surface area contributed by atoms with Gasteiger partial charge < -0.3 is 4.74 Å². The fourth-order valence-corrected chi connectivity index (χ4v) is 3.47. The van der Waals surface area contributed by atoms with Crippen molar-refractivity contribution in [2.75, 3.05) is 6.61 Å². The zero-order chi connectivity index (χ0) is 19.5. The van der Waals surface area contributed by atoms with E-state index < -0.39 is 0 Å². The molecule has 2 atom stereocenters. The van der Waals surface area contributed by atoms with Crippen LogP contribution in [0.5, 0.6) is 6.01 Å². The van der Waals surface area contributed by atoms with Gasteiger partial charge >= 0.3 is 6.01 Å². The molecule has 2 aromatic carbocycles. The van der Waals surface area contributed by atoms with Gasteiger partial charge in [0.1, 0.15) is 0 Å². The summed E-state index contributed by atoms with van der Waals surface area (Å²) >= 11 is 0. The molecule has 5 nitrogen and oxygen atoms in total. The SMILES string of the molecule is CCCOc1nc(-c2ccc(CC)cc2)n(C(=O)C2CC2c2ccccc2)n1. The molecule has 1 heterocycles. The smallest absolute Gasteiger partial charge is 0.336 e. The highest BCUT2D eigenvalue weighted by Gasteiger charge is 2.45. The summed E-state index contributed by atoms with van der Waals surface area (Å²) in [6.07, 6.45) is 2.68. The fraction of sp³-hybridized carbons (Fsp3) is 0.348. The molecule has 3 aromatic rings. The highest BCUT2D eigenvalue weighted by atomic mass is 16.5. The molecular formula is C23H25N3O2. The minimum absolute atomic E-state index is 0.0118. The predicted molar refractivity (Wildman–Crippen MR) is 109 cm³/mol. The summed E-state index contributed by atoms with van der Waals surface area (Å²) in [5, 5.41) is 4.39. The van der Waals surface area contributed by atoms with Gasteiger partial charge in [0, 0.05) is 11.5 Å². The monoisotopic (exact) mass is 375 g/mol. The van der Waals surface area contributed by atoms with Gasteiger partial charge in [-0.25, -0.2) is 0 Å². The summed E-state index contributed by atoms with van der Waals surface area (Å²) in [4.78, 5) is 17.7. The summed E-state index contributed by atoms with van der Waals surface area (Å²) < 4.78 is 7.05. The van der Waals surface area contributed by atoms with Crippen LogP contribution in [-0.4, -0.2) is 27.3 Å². The first-order valence-electron chi connectivity index (χ1n) is 9.99. The lowest BCUT2D eigenvalue weighted by molar-refractivity contribution is 0.0867. The number of aryl methyl sites for hydroxylation is 1. The number of carbonyl (C=O) groups is 1. The predicted octanol–water partition coefficient (Wildman–Crippen LogP) is 4.74. The van der Waals surface area contributed by atoms with Gasteiger partial charge in [-0.15, -0.1) is 5.10 Å². The number of benzene rings is 2. The van der Waals surface area contributed by atoms with Gasteiger partial charge in [-0.3, -0.25) is 4.79 Å². The second kappa shape index (κ2) is 7.97. The summed E-state index contributed by atoms with van der Waals surface area (Å²) in [5.41, 5.74) is 3.33. The molecule has 1 aliphatic carbocycles. The van der Waals surface area contributed by atoms with E-state index in [9.17, 15) is 4.79 Å². The van der Waals surface area contributed by atoms with Crippen LogP contribution in [0.25, 0.3) is 11.4 Å². The van der Waals surface area contributed by atoms with E-state index in [1.54, 1.807) is 0 Å². The van der Waals surface area contributed by atoms with Gasteiger partial charge in [0.05, 0.1) is 6.61 Å². The van der Waals surface area contributed by atoms with E-state index in [4.69, 9.17) is 4.74 Å². The van der Waals surface area contributed by atoms with E-state index in [2.05, 4.69) is 41.3 Å². The zero-order valence-corrected chi connectivity index (χ0v) is 16.3. The molecule has 5 heteroatoms. The quantitative estimate of drug-likeness (QED) is 0.598. The number of carbonyl (C=O) groups excluding carboxylic acids is 1. The van der Waals surface area contributed by atoms with Crippen LogP contribution in [0.1, 0.15) is 48.5 Å². The number of hydrogen-bond acceptors (Lipinski definition) is 4. The van der Waals surface area contributed by atoms with Crippen LogP contribution < -0.4 is 4.74 Å². The number of rotatable bonds is 7. The molecule has 4 rings (SSSR count). The second-order valence-corrected chi connectivity index (χ2v) is 7.23. The third-order valence-electron chi connectivity index (χ3n) is 5.19.